The molecule has 2 atom stereocenters. The second kappa shape index (κ2) is 4.95. The van der Waals surface area contributed by atoms with Gasteiger partial charge in [-0.05, 0) is 37.7 Å². The second-order valence-electron chi connectivity index (χ2n) is 5.68. The molecule has 0 saturated carbocycles. The summed E-state index contributed by atoms with van der Waals surface area (Å²) in [7, 11) is 0. The van der Waals surface area contributed by atoms with E-state index in [1.165, 1.54) is 19.4 Å². The van der Waals surface area contributed by atoms with Gasteiger partial charge in [-0.25, -0.2) is 0 Å². The van der Waals surface area contributed by atoms with Crippen LogP contribution in [0.25, 0.3) is 11.0 Å². The maximum atomic E-state index is 6.03. The van der Waals surface area contributed by atoms with Crippen LogP contribution in [0.4, 0.5) is 0 Å². The van der Waals surface area contributed by atoms with E-state index in [2.05, 4.69) is 19.4 Å². The number of hydrogen-bond donors (Lipinski definition) is 1. The molecule has 0 amide bonds. The molecule has 5 nitrogen and oxygen atoms in total. The highest BCUT2D eigenvalue weighted by Gasteiger charge is 2.32. The monoisotopic (exact) mass is 290 g/mol. The first-order valence-corrected chi connectivity index (χ1v) is 7.60. The van der Waals surface area contributed by atoms with Gasteiger partial charge in [-0.2, -0.15) is 0 Å². The van der Waals surface area contributed by atoms with Crippen molar-refractivity contribution in [1.29, 1.82) is 0 Å². The van der Waals surface area contributed by atoms with Crippen LogP contribution in [-0.2, 0) is 11.3 Å². The number of hydrogen-bond acceptors (Lipinski definition) is 4. The fourth-order valence-electron chi connectivity index (χ4n) is 3.39. The van der Waals surface area contributed by atoms with Crippen LogP contribution in [0.2, 0.25) is 0 Å². The van der Waals surface area contributed by atoms with Crippen LogP contribution in [0.15, 0.2) is 18.5 Å². The summed E-state index contributed by atoms with van der Waals surface area (Å²) in [5, 5.41) is 0. The van der Waals surface area contributed by atoms with Crippen molar-refractivity contribution in [3.8, 4) is 0 Å². The van der Waals surface area contributed by atoms with E-state index in [9.17, 15) is 0 Å². The summed E-state index contributed by atoms with van der Waals surface area (Å²) >= 11 is 5.43. The Hall–Kier alpha value is -1.24. The lowest BCUT2D eigenvalue weighted by Gasteiger charge is -2.35. The predicted octanol–water partition coefficient (Wildman–Crippen LogP) is 1.96. The highest BCUT2D eigenvalue weighted by atomic mass is 32.1. The van der Waals surface area contributed by atoms with Crippen molar-refractivity contribution < 1.29 is 4.74 Å². The van der Waals surface area contributed by atoms with Gasteiger partial charge in [0.25, 0.3) is 0 Å². The second-order valence-corrected chi connectivity index (χ2v) is 6.07. The van der Waals surface area contributed by atoms with Crippen molar-refractivity contribution in [2.24, 2.45) is 0 Å². The molecule has 4 heterocycles. The Morgan fingerprint density at radius 3 is 3.40 bits per heavy atom. The van der Waals surface area contributed by atoms with E-state index in [-0.39, 0.29) is 6.10 Å². The molecule has 0 aromatic carbocycles. The lowest BCUT2D eigenvalue weighted by Crippen LogP contribution is -2.47. The van der Waals surface area contributed by atoms with Gasteiger partial charge >= 0.3 is 0 Å². The number of imidazole rings is 1. The fraction of sp³-hybridized carbons (Fsp3) is 0.571. The van der Waals surface area contributed by atoms with E-state index >= 15 is 0 Å². The summed E-state index contributed by atoms with van der Waals surface area (Å²) in [6.45, 7) is 3.91. The number of H-pyrrole nitrogens is 1. The molecular formula is C14H18N4OS. The molecule has 106 valence electrons. The molecule has 2 saturated heterocycles. The van der Waals surface area contributed by atoms with E-state index in [1.54, 1.807) is 6.20 Å². The van der Waals surface area contributed by atoms with Crippen LogP contribution in [0.1, 0.15) is 12.8 Å². The maximum Gasteiger partial charge on any atom is 0.178 e. The average Bonchev–Trinajstić information content (AvgIpc) is 3.04. The number of nitrogens with zero attached hydrogens (tertiary/aromatic N) is 3. The number of rotatable bonds is 2. The molecule has 2 aliphatic rings. The number of nitrogens with one attached hydrogen (secondary N) is 1. The molecule has 0 spiro atoms. The summed E-state index contributed by atoms with van der Waals surface area (Å²) in [5.41, 5.74) is 2.10. The Labute approximate surface area is 122 Å². The molecule has 2 aliphatic heterocycles. The van der Waals surface area contributed by atoms with Crippen molar-refractivity contribution in [3.05, 3.63) is 23.2 Å². The number of fused-ring (bicyclic) bond motifs is 2. The van der Waals surface area contributed by atoms with Gasteiger partial charge in [-0.1, -0.05) is 0 Å². The zero-order chi connectivity index (χ0) is 13.5. The van der Waals surface area contributed by atoms with E-state index in [1.807, 2.05) is 12.3 Å². The highest BCUT2D eigenvalue weighted by molar-refractivity contribution is 7.71. The van der Waals surface area contributed by atoms with Gasteiger partial charge in [-0.3, -0.25) is 9.88 Å². The van der Waals surface area contributed by atoms with Gasteiger partial charge < -0.3 is 14.3 Å². The van der Waals surface area contributed by atoms with Crippen molar-refractivity contribution in [2.45, 2.75) is 31.5 Å². The van der Waals surface area contributed by atoms with Crippen LogP contribution >= 0.6 is 12.2 Å². The van der Waals surface area contributed by atoms with Crippen molar-refractivity contribution in [2.75, 3.05) is 19.7 Å². The van der Waals surface area contributed by atoms with Gasteiger partial charge in [-0.15, -0.1) is 0 Å². The molecule has 0 aliphatic carbocycles. The van der Waals surface area contributed by atoms with Crippen molar-refractivity contribution in [3.63, 3.8) is 0 Å². The summed E-state index contributed by atoms with van der Waals surface area (Å²) in [4.78, 5) is 9.90. The zero-order valence-electron chi connectivity index (χ0n) is 11.3. The lowest BCUT2D eigenvalue weighted by atomic mass is 10.2. The molecule has 1 N–H and O–H groups in total. The molecule has 0 bridgehead atoms. The van der Waals surface area contributed by atoms with E-state index in [4.69, 9.17) is 17.0 Å². The highest BCUT2D eigenvalue weighted by Crippen LogP contribution is 2.24. The number of ether oxygens (including phenoxy) is 1. The summed E-state index contributed by atoms with van der Waals surface area (Å²) in [6, 6.07) is 2.65. The van der Waals surface area contributed by atoms with Gasteiger partial charge in [0.05, 0.1) is 36.5 Å². The third-order valence-electron chi connectivity index (χ3n) is 4.42. The Bertz CT molecular complexity index is 679. The Morgan fingerprint density at radius 1 is 1.50 bits per heavy atom. The summed E-state index contributed by atoms with van der Waals surface area (Å²) in [6.07, 6.45) is 6.44. The maximum absolute atomic E-state index is 6.03. The van der Waals surface area contributed by atoms with Crippen molar-refractivity contribution in [1.82, 2.24) is 19.4 Å². The molecule has 0 radical (unpaired) electrons. The molecule has 2 aromatic heterocycles. The minimum absolute atomic E-state index is 0.225. The van der Waals surface area contributed by atoms with E-state index < -0.39 is 0 Å². The quantitative estimate of drug-likeness (QED) is 0.859. The minimum Gasteiger partial charge on any atom is -0.373 e. The SMILES string of the molecule is S=c1[nH]c2cnccc2n1CC1CN2CCCC2CO1. The Kier molecular flexibility index (Phi) is 3.09. The molecule has 2 unspecified atom stereocenters. The number of morpholine rings is 1. The number of aromatic amines is 1. The van der Waals surface area contributed by atoms with Crippen molar-refractivity contribution >= 4 is 23.3 Å². The van der Waals surface area contributed by atoms with Gasteiger partial charge in [0.2, 0.25) is 0 Å². The first-order chi connectivity index (χ1) is 9.81. The molecule has 4 rings (SSSR count). The van der Waals surface area contributed by atoms with Crippen LogP contribution in [-0.4, -0.2) is 51.3 Å². The Morgan fingerprint density at radius 2 is 2.45 bits per heavy atom. The zero-order valence-corrected chi connectivity index (χ0v) is 12.1. The third kappa shape index (κ3) is 2.08. The first-order valence-electron chi connectivity index (χ1n) is 7.19. The largest absolute Gasteiger partial charge is 0.373 e. The smallest absolute Gasteiger partial charge is 0.178 e. The summed E-state index contributed by atoms with van der Waals surface area (Å²) < 4.78 is 8.91. The van der Waals surface area contributed by atoms with Crippen LogP contribution in [0.3, 0.4) is 0 Å². The van der Waals surface area contributed by atoms with Gasteiger partial charge in [0.1, 0.15) is 0 Å². The predicted molar refractivity (Wildman–Crippen MR) is 79.3 cm³/mol. The molecular weight excluding hydrogens is 272 g/mol. The molecule has 2 aromatic rings. The molecule has 2 fully saturated rings. The Balaban J connectivity index is 1.58. The van der Waals surface area contributed by atoms with Gasteiger partial charge in [0.15, 0.2) is 4.77 Å². The van der Waals surface area contributed by atoms with Crippen LogP contribution < -0.4 is 0 Å². The van der Waals surface area contributed by atoms with Crippen LogP contribution in [0, 0.1) is 4.77 Å². The average molecular weight is 290 g/mol. The molecule has 20 heavy (non-hydrogen) atoms. The minimum atomic E-state index is 0.225. The fourth-order valence-corrected chi connectivity index (χ4v) is 3.67. The number of pyridine rings is 1. The van der Waals surface area contributed by atoms with E-state index in [0.29, 0.717) is 6.04 Å². The third-order valence-corrected chi connectivity index (χ3v) is 4.75. The lowest BCUT2D eigenvalue weighted by molar-refractivity contribution is -0.0548. The normalized spacial score (nSPS) is 27.0. The summed E-state index contributed by atoms with van der Waals surface area (Å²) in [5.74, 6) is 0. The topological polar surface area (TPSA) is 46.1 Å². The standard InChI is InChI=1S/C14H18N4OS/c20-14-16-12-6-15-4-3-13(12)18(14)8-11-7-17-5-1-2-10(17)9-19-11/h3-4,6,10-11H,1-2,5,7-9H2,(H,16,20). The first kappa shape index (κ1) is 12.5. The molecule has 6 heteroatoms. The van der Waals surface area contributed by atoms with E-state index in [0.717, 1.165) is 35.5 Å². The van der Waals surface area contributed by atoms with Crippen LogP contribution in [0.5, 0.6) is 0 Å². The number of aromatic nitrogens is 3. The van der Waals surface area contributed by atoms with Gasteiger partial charge in [0, 0.05) is 18.8 Å².